The van der Waals surface area contributed by atoms with E-state index in [-0.39, 0.29) is 12.1 Å². The largest absolute Gasteiger partial charge is 0.352 e. The van der Waals surface area contributed by atoms with E-state index in [0.717, 1.165) is 17.4 Å². The summed E-state index contributed by atoms with van der Waals surface area (Å²) in [5.41, 5.74) is 8.60. The Hall–Kier alpha value is -2.66. The molecule has 4 nitrogen and oxygen atoms in total. The van der Waals surface area contributed by atoms with E-state index in [1.807, 2.05) is 18.3 Å². The molecule has 0 bridgehead atoms. The first-order valence-electron chi connectivity index (χ1n) is 11.0. The molecule has 4 rings (SSSR count). The molecule has 5 heteroatoms. The minimum absolute atomic E-state index is 0.0284. The zero-order valence-corrected chi connectivity index (χ0v) is 20.1. The van der Waals surface area contributed by atoms with Crippen molar-refractivity contribution in [2.45, 2.75) is 53.6 Å². The molecule has 3 heterocycles. The topological polar surface area (TPSA) is 33.1 Å². The van der Waals surface area contributed by atoms with Gasteiger partial charge in [-0.3, -0.25) is 4.98 Å². The van der Waals surface area contributed by atoms with Crippen LogP contribution >= 0.6 is 12.2 Å². The van der Waals surface area contributed by atoms with E-state index in [4.69, 9.17) is 12.2 Å². The average Bonchev–Trinajstić information content (AvgIpc) is 3.17. The number of nitrogens with zero attached hydrogens (tertiary/aromatic N) is 3. The summed E-state index contributed by atoms with van der Waals surface area (Å²) in [6.07, 6.45) is 1.86. The molecular formula is C26H32N4S. The van der Waals surface area contributed by atoms with Crippen LogP contribution in [0.15, 0.2) is 48.7 Å². The molecule has 2 aromatic heterocycles. The van der Waals surface area contributed by atoms with Gasteiger partial charge in [-0.1, -0.05) is 26.0 Å². The molecule has 3 aromatic rings. The SMILES string of the molecule is Cc1cc(C)cc(-n2c(C)cc([C@H]3[C@@H](c4ccccn4)NC(=S)N3CC(C)C)c2C)c1. The standard InChI is InChI=1S/C26H32N4S/c1-16(2)15-29-25(24(28-26(29)31)23-9-7-8-10-27-23)22-14-19(5)30(20(22)6)21-12-17(3)11-18(4)13-21/h7-14,16,24-25H,15H2,1-6H3,(H,28,31)/t24-,25+/m1/s1. The molecule has 1 aliphatic rings. The Kier molecular flexibility index (Phi) is 5.89. The lowest BCUT2D eigenvalue weighted by Gasteiger charge is -2.29. The minimum Gasteiger partial charge on any atom is -0.352 e. The lowest BCUT2D eigenvalue weighted by atomic mass is 9.96. The highest BCUT2D eigenvalue weighted by atomic mass is 32.1. The molecule has 162 valence electrons. The molecule has 1 aliphatic heterocycles. The van der Waals surface area contributed by atoms with Crippen LogP contribution in [0, 0.1) is 33.6 Å². The van der Waals surface area contributed by atoms with E-state index < -0.39 is 0 Å². The Labute approximate surface area is 191 Å². The quantitative estimate of drug-likeness (QED) is 0.522. The van der Waals surface area contributed by atoms with Gasteiger partial charge in [0.1, 0.15) is 0 Å². The third kappa shape index (κ3) is 4.11. The van der Waals surface area contributed by atoms with Gasteiger partial charge >= 0.3 is 0 Å². The van der Waals surface area contributed by atoms with Crippen LogP contribution in [-0.4, -0.2) is 26.1 Å². The Balaban J connectivity index is 1.85. The van der Waals surface area contributed by atoms with Crippen LogP contribution in [0.25, 0.3) is 5.69 Å². The molecule has 0 radical (unpaired) electrons. The second-order valence-corrected chi connectivity index (χ2v) is 9.57. The molecule has 0 saturated carbocycles. The number of aryl methyl sites for hydroxylation is 3. The third-order valence-corrected chi connectivity index (χ3v) is 6.37. The van der Waals surface area contributed by atoms with E-state index in [9.17, 15) is 0 Å². The highest BCUT2D eigenvalue weighted by Crippen LogP contribution is 2.41. The maximum atomic E-state index is 5.80. The number of hydrogen-bond donors (Lipinski definition) is 1. The average molecular weight is 433 g/mol. The summed E-state index contributed by atoms with van der Waals surface area (Å²) in [7, 11) is 0. The molecule has 0 spiro atoms. The van der Waals surface area contributed by atoms with Gasteiger partial charge in [0.05, 0.1) is 17.8 Å². The van der Waals surface area contributed by atoms with Gasteiger partial charge in [0.15, 0.2) is 5.11 Å². The summed E-state index contributed by atoms with van der Waals surface area (Å²) in [4.78, 5) is 7.02. The molecule has 1 saturated heterocycles. The molecule has 31 heavy (non-hydrogen) atoms. The van der Waals surface area contributed by atoms with Gasteiger partial charge in [-0.05, 0) is 92.9 Å². The lowest BCUT2D eigenvalue weighted by molar-refractivity contribution is 0.287. The summed E-state index contributed by atoms with van der Waals surface area (Å²) in [5, 5.41) is 4.38. The maximum absolute atomic E-state index is 5.80. The number of aromatic nitrogens is 2. The van der Waals surface area contributed by atoms with Gasteiger partial charge in [-0.25, -0.2) is 0 Å². The lowest BCUT2D eigenvalue weighted by Crippen LogP contribution is -2.33. The van der Waals surface area contributed by atoms with Crippen molar-refractivity contribution in [2.75, 3.05) is 6.54 Å². The van der Waals surface area contributed by atoms with Gasteiger partial charge in [-0.2, -0.15) is 0 Å². The Morgan fingerprint density at radius 2 is 1.74 bits per heavy atom. The van der Waals surface area contributed by atoms with Gasteiger partial charge < -0.3 is 14.8 Å². The minimum atomic E-state index is 0.0284. The van der Waals surface area contributed by atoms with E-state index in [2.05, 4.69) is 91.6 Å². The van der Waals surface area contributed by atoms with E-state index in [1.54, 1.807) is 0 Å². The van der Waals surface area contributed by atoms with Crippen molar-refractivity contribution in [3.63, 3.8) is 0 Å². The Bertz CT molecular complexity index is 1080. The molecule has 1 N–H and O–H groups in total. The number of nitrogens with one attached hydrogen (secondary N) is 1. The van der Waals surface area contributed by atoms with E-state index in [0.29, 0.717) is 5.92 Å². The Morgan fingerprint density at radius 3 is 2.35 bits per heavy atom. The maximum Gasteiger partial charge on any atom is 0.170 e. The van der Waals surface area contributed by atoms with Crippen LogP contribution in [0.4, 0.5) is 0 Å². The van der Waals surface area contributed by atoms with Crippen molar-refractivity contribution in [1.29, 1.82) is 0 Å². The van der Waals surface area contributed by atoms with Gasteiger partial charge in [-0.15, -0.1) is 0 Å². The summed E-state index contributed by atoms with van der Waals surface area (Å²) >= 11 is 5.80. The van der Waals surface area contributed by atoms with Crippen molar-refractivity contribution in [3.05, 3.63) is 82.4 Å². The second kappa shape index (κ2) is 8.46. The number of rotatable bonds is 5. The fourth-order valence-electron chi connectivity index (χ4n) is 4.90. The molecular weight excluding hydrogens is 400 g/mol. The smallest absolute Gasteiger partial charge is 0.170 e. The van der Waals surface area contributed by atoms with Gasteiger partial charge in [0, 0.05) is 29.8 Å². The predicted molar refractivity (Wildman–Crippen MR) is 132 cm³/mol. The van der Waals surface area contributed by atoms with Crippen molar-refractivity contribution in [1.82, 2.24) is 19.8 Å². The summed E-state index contributed by atoms with van der Waals surface area (Å²) in [6.45, 7) is 14.1. The highest BCUT2D eigenvalue weighted by molar-refractivity contribution is 7.80. The van der Waals surface area contributed by atoms with Crippen LogP contribution in [0.3, 0.4) is 0 Å². The first-order chi connectivity index (χ1) is 14.8. The molecule has 0 amide bonds. The summed E-state index contributed by atoms with van der Waals surface area (Å²) in [5.74, 6) is 0.507. The zero-order chi connectivity index (χ0) is 22.3. The normalized spacial score (nSPS) is 18.7. The van der Waals surface area contributed by atoms with E-state index in [1.165, 1.54) is 33.8 Å². The predicted octanol–water partition coefficient (Wildman–Crippen LogP) is 5.73. The highest BCUT2D eigenvalue weighted by Gasteiger charge is 2.41. The fraction of sp³-hybridized carbons (Fsp3) is 0.385. The van der Waals surface area contributed by atoms with E-state index >= 15 is 0 Å². The molecule has 0 unspecified atom stereocenters. The molecule has 2 atom stereocenters. The van der Waals surface area contributed by atoms with Gasteiger partial charge in [0.25, 0.3) is 0 Å². The first-order valence-corrected chi connectivity index (χ1v) is 11.4. The third-order valence-electron chi connectivity index (χ3n) is 6.01. The van der Waals surface area contributed by atoms with Crippen LogP contribution in [-0.2, 0) is 0 Å². The van der Waals surface area contributed by atoms with Crippen molar-refractivity contribution in [2.24, 2.45) is 5.92 Å². The number of thiocarbonyl (C=S) groups is 1. The van der Waals surface area contributed by atoms with Crippen molar-refractivity contribution in [3.8, 4) is 5.69 Å². The molecule has 0 aliphatic carbocycles. The first kappa shape index (κ1) is 21.6. The second-order valence-electron chi connectivity index (χ2n) is 9.18. The zero-order valence-electron chi connectivity index (χ0n) is 19.3. The summed E-state index contributed by atoms with van der Waals surface area (Å²) in [6, 6.07) is 15.3. The Morgan fingerprint density at radius 1 is 1.03 bits per heavy atom. The van der Waals surface area contributed by atoms with Crippen LogP contribution < -0.4 is 5.32 Å². The number of hydrogen-bond acceptors (Lipinski definition) is 2. The number of benzene rings is 1. The summed E-state index contributed by atoms with van der Waals surface area (Å²) < 4.78 is 2.37. The van der Waals surface area contributed by atoms with Crippen molar-refractivity contribution < 1.29 is 0 Å². The van der Waals surface area contributed by atoms with Crippen LogP contribution in [0.5, 0.6) is 0 Å². The molecule has 1 aromatic carbocycles. The molecule has 1 fully saturated rings. The monoisotopic (exact) mass is 432 g/mol. The van der Waals surface area contributed by atoms with Gasteiger partial charge in [0.2, 0.25) is 0 Å². The van der Waals surface area contributed by atoms with Crippen LogP contribution in [0.1, 0.15) is 59.7 Å². The number of pyridine rings is 1. The van der Waals surface area contributed by atoms with Crippen molar-refractivity contribution >= 4 is 17.3 Å². The van der Waals surface area contributed by atoms with Crippen LogP contribution in [0.2, 0.25) is 0 Å². The fourth-order valence-corrected chi connectivity index (χ4v) is 5.21.